The van der Waals surface area contributed by atoms with Crippen LogP contribution in [0.15, 0.2) is 35.2 Å². The van der Waals surface area contributed by atoms with Crippen molar-refractivity contribution in [2.45, 2.75) is 6.04 Å². The number of esters is 1. The quantitative estimate of drug-likeness (QED) is 0.851. The van der Waals surface area contributed by atoms with E-state index in [0.717, 1.165) is 0 Å². The number of methoxy groups -OCH3 is 2. The molecule has 0 aliphatic heterocycles. The van der Waals surface area contributed by atoms with Crippen molar-refractivity contribution < 1.29 is 14.3 Å². The van der Waals surface area contributed by atoms with Gasteiger partial charge >= 0.3 is 5.97 Å². The zero-order valence-electron chi connectivity index (χ0n) is 10.6. The Morgan fingerprint density at radius 3 is 2.79 bits per heavy atom. The maximum atomic E-state index is 11.9. The Morgan fingerprint density at radius 1 is 1.37 bits per heavy atom. The summed E-state index contributed by atoms with van der Waals surface area (Å²) in [5.74, 6) is 0.267. The van der Waals surface area contributed by atoms with E-state index in [-0.39, 0.29) is 0 Å². The number of carbonyl (C=O) groups is 1. The van der Waals surface area contributed by atoms with Crippen molar-refractivity contribution in [2.24, 2.45) is 0 Å². The Balaban J connectivity index is 2.28. The highest BCUT2D eigenvalue weighted by Crippen LogP contribution is 2.28. The topological polar surface area (TPSA) is 60.5 Å². The van der Waals surface area contributed by atoms with E-state index in [1.165, 1.54) is 18.4 Å². The molecule has 1 aromatic heterocycles. The maximum Gasteiger partial charge on any atom is 0.334 e. The van der Waals surface area contributed by atoms with E-state index < -0.39 is 12.0 Å². The predicted octanol–water partition coefficient (Wildman–Crippen LogP) is 2.48. The van der Waals surface area contributed by atoms with Crippen molar-refractivity contribution in [2.75, 3.05) is 19.5 Å². The normalized spacial score (nSPS) is 11.7. The molecule has 0 radical (unpaired) electrons. The van der Waals surface area contributed by atoms with E-state index in [9.17, 15) is 4.79 Å². The molecule has 0 spiro atoms. The second-order valence-electron chi connectivity index (χ2n) is 3.71. The third-order valence-electron chi connectivity index (χ3n) is 2.59. The smallest absolute Gasteiger partial charge is 0.334 e. The average molecular weight is 278 g/mol. The number of rotatable bonds is 5. The molecule has 1 aromatic carbocycles. The van der Waals surface area contributed by atoms with Gasteiger partial charge in [0.15, 0.2) is 6.04 Å². The molecule has 0 aliphatic carbocycles. The number of anilines is 1. The number of nitrogens with one attached hydrogen (secondary N) is 1. The highest BCUT2D eigenvalue weighted by Gasteiger charge is 2.24. The van der Waals surface area contributed by atoms with Crippen LogP contribution in [-0.4, -0.2) is 25.2 Å². The summed E-state index contributed by atoms with van der Waals surface area (Å²) in [6, 6.07) is 6.73. The molecule has 0 saturated heterocycles. The second-order valence-corrected chi connectivity index (χ2v) is 4.43. The summed E-state index contributed by atoms with van der Waals surface area (Å²) < 4.78 is 10.0. The highest BCUT2D eigenvalue weighted by atomic mass is 32.1. The molecule has 1 heterocycles. The van der Waals surface area contributed by atoms with E-state index in [0.29, 0.717) is 17.1 Å². The first kappa shape index (κ1) is 13.4. The van der Waals surface area contributed by atoms with Crippen LogP contribution in [0, 0.1) is 0 Å². The molecule has 1 N–H and O–H groups in total. The Hall–Kier alpha value is -2.08. The van der Waals surface area contributed by atoms with Crippen LogP contribution in [0.1, 0.15) is 11.7 Å². The number of para-hydroxylation sites is 2. The summed E-state index contributed by atoms with van der Waals surface area (Å²) in [6.45, 7) is 0. The van der Waals surface area contributed by atoms with E-state index in [4.69, 9.17) is 9.47 Å². The lowest BCUT2D eigenvalue weighted by atomic mass is 10.2. The first-order valence-corrected chi connectivity index (χ1v) is 6.56. The fraction of sp³-hybridized carbons (Fsp3) is 0.231. The standard InChI is InChI=1S/C13H14N2O3S/c1-17-11-6-4-3-5-9(11)15-12(13(16)18-2)10-7-19-8-14-10/h3-8,12,15H,1-2H3. The van der Waals surface area contributed by atoms with Crippen LogP contribution in [0.4, 0.5) is 5.69 Å². The lowest BCUT2D eigenvalue weighted by Gasteiger charge is -2.17. The van der Waals surface area contributed by atoms with Gasteiger partial charge in [-0.15, -0.1) is 11.3 Å². The van der Waals surface area contributed by atoms with E-state index in [1.807, 2.05) is 29.6 Å². The predicted molar refractivity (Wildman–Crippen MR) is 73.5 cm³/mol. The number of nitrogens with zero attached hydrogens (tertiary/aromatic N) is 1. The molecule has 0 aliphatic rings. The summed E-state index contributed by atoms with van der Waals surface area (Å²) in [5, 5.41) is 4.91. The number of benzene rings is 1. The fourth-order valence-electron chi connectivity index (χ4n) is 1.66. The molecule has 6 heteroatoms. The van der Waals surface area contributed by atoms with Gasteiger partial charge in [0.25, 0.3) is 0 Å². The fourth-order valence-corrected chi connectivity index (χ4v) is 2.24. The number of aromatic nitrogens is 1. The molecular weight excluding hydrogens is 264 g/mol. The summed E-state index contributed by atoms with van der Waals surface area (Å²) in [5.41, 5.74) is 3.02. The van der Waals surface area contributed by atoms with E-state index >= 15 is 0 Å². The van der Waals surface area contributed by atoms with E-state index in [1.54, 1.807) is 12.6 Å². The van der Waals surface area contributed by atoms with Gasteiger partial charge in [-0.3, -0.25) is 0 Å². The van der Waals surface area contributed by atoms with Crippen molar-refractivity contribution in [1.82, 2.24) is 4.98 Å². The van der Waals surface area contributed by atoms with Crippen LogP contribution in [0.5, 0.6) is 5.75 Å². The maximum absolute atomic E-state index is 11.9. The van der Waals surface area contributed by atoms with Gasteiger partial charge in [0, 0.05) is 5.38 Å². The van der Waals surface area contributed by atoms with E-state index in [2.05, 4.69) is 10.3 Å². The highest BCUT2D eigenvalue weighted by molar-refractivity contribution is 7.07. The molecule has 1 atom stereocenters. The van der Waals surface area contributed by atoms with Crippen LogP contribution < -0.4 is 10.1 Å². The van der Waals surface area contributed by atoms with Crippen LogP contribution in [-0.2, 0) is 9.53 Å². The molecule has 0 amide bonds. The average Bonchev–Trinajstić information content (AvgIpc) is 2.98. The van der Waals surface area contributed by atoms with Crippen molar-refractivity contribution in [3.63, 3.8) is 0 Å². The van der Waals surface area contributed by atoms with Crippen LogP contribution in [0.25, 0.3) is 0 Å². The molecule has 100 valence electrons. The Labute approximate surface area is 115 Å². The van der Waals surface area contributed by atoms with Gasteiger partial charge in [0.05, 0.1) is 31.1 Å². The van der Waals surface area contributed by atoms with Gasteiger partial charge in [0.1, 0.15) is 5.75 Å². The number of carbonyl (C=O) groups excluding carboxylic acids is 1. The minimum atomic E-state index is -0.646. The Kier molecular flexibility index (Phi) is 4.35. The number of hydrogen-bond donors (Lipinski definition) is 1. The minimum Gasteiger partial charge on any atom is -0.495 e. The zero-order valence-corrected chi connectivity index (χ0v) is 11.4. The summed E-state index contributed by atoms with van der Waals surface area (Å²) in [6.07, 6.45) is 0. The number of thiazole rings is 1. The van der Waals surface area contributed by atoms with Crippen molar-refractivity contribution in [3.05, 3.63) is 40.8 Å². The van der Waals surface area contributed by atoms with Gasteiger partial charge in [-0.25, -0.2) is 9.78 Å². The SMILES string of the molecule is COC(=O)C(Nc1ccccc1OC)c1cscn1. The molecule has 2 aromatic rings. The lowest BCUT2D eigenvalue weighted by molar-refractivity contribution is -0.141. The number of ether oxygens (including phenoxy) is 2. The molecule has 2 rings (SSSR count). The second kappa shape index (κ2) is 6.19. The van der Waals surface area contributed by atoms with Crippen LogP contribution in [0.3, 0.4) is 0 Å². The number of hydrogen-bond acceptors (Lipinski definition) is 6. The first-order chi connectivity index (χ1) is 9.26. The van der Waals surface area contributed by atoms with Gasteiger partial charge in [0.2, 0.25) is 0 Å². The largest absolute Gasteiger partial charge is 0.495 e. The van der Waals surface area contributed by atoms with Crippen molar-refractivity contribution in [1.29, 1.82) is 0 Å². The summed E-state index contributed by atoms with van der Waals surface area (Å²) in [4.78, 5) is 16.0. The van der Waals surface area contributed by atoms with Crippen LogP contribution >= 0.6 is 11.3 Å². The zero-order chi connectivity index (χ0) is 13.7. The van der Waals surface area contributed by atoms with Crippen molar-refractivity contribution in [3.8, 4) is 5.75 Å². The lowest BCUT2D eigenvalue weighted by Crippen LogP contribution is -2.22. The molecule has 1 unspecified atom stereocenters. The third kappa shape index (κ3) is 3.03. The van der Waals surface area contributed by atoms with Gasteiger partial charge in [-0.05, 0) is 12.1 Å². The molecular formula is C13H14N2O3S. The molecule has 0 fully saturated rings. The molecule has 19 heavy (non-hydrogen) atoms. The van der Waals surface area contributed by atoms with Gasteiger partial charge < -0.3 is 14.8 Å². The summed E-state index contributed by atoms with van der Waals surface area (Å²) >= 11 is 1.43. The first-order valence-electron chi connectivity index (χ1n) is 5.61. The van der Waals surface area contributed by atoms with Crippen molar-refractivity contribution >= 4 is 23.0 Å². The molecule has 0 saturated carbocycles. The van der Waals surface area contributed by atoms with Crippen LogP contribution in [0.2, 0.25) is 0 Å². The van der Waals surface area contributed by atoms with Gasteiger partial charge in [-0.1, -0.05) is 12.1 Å². The Morgan fingerprint density at radius 2 is 2.16 bits per heavy atom. The molecule has 0 bridgehead atoms. The third-order valence-corrected chi connectivity index (χ3v) is 3.20. The Bertz CT molecular complexity index is 543. The minimum absolute atomic E-state index is 0.392. The monoisotopic (exact) mass is 278 g/mol. The van der Waals surface area contributed by atoms with Gasteiger partial charge in [-0.2, -0.15) is 0 Å². The summed E-state index contributed by atoms with van der Waals surface area (Å²) in [7, 11) is 2.93. The molecule has 5 nitrogen and oxygen atoms in total.